The fourth-order valence-corrected chi connectivity index (χ4v) is 9.12. The molecule has 1 aromatic heterocycles. The number of phosphoric acid groups is 2. The highest BCUT2D eigenvalue weighted by Gasteiger charge is 2.46. The van der Waals surface area contributed by atoms with E-state index in [9.17, 15) is 58.8 Å². The molecule has 1 fully saturated rings. The summed E-state index contributed by atoms with van der Waals surface area (Å²) in [6.45, 7) is 1.61. The molecule has 9 N–H and O–H groups in total. The van der Waals surface area contributed by atoms with Gasteiger partial charge in [0.25, 0.3) is 0 Å². The van der Waals surface area contributed by atoms with Gasteiger partial charge in [0.1, 0.15) is 30.7 Å². The lowest BCUT2D eigenvalue weighted by molar-refractivity contribution is -0.161. The first-order chi connectivity index (χ1) is 33.9. The maximum atomic E-state index is 12.8. The van der Waals surface area contributed by atoms with E-state index >= 15 is 0 Å². The Morgan fingerprint density at radius 1 is 0.775 bits per heavy atom. The Labute approximate surface area is 417 Å². The molecule has 0 aromatic carbocycles. The minimum atomic E-state index is -5.50. The van der Waals surface area contributed by atoms with Crippen molar-refractivity contribution in [2.45, 2.75) is 185 Å². The van der Waals surface area contributed by atoms with Crippen LogP contribution >= 0.6 is 15.6 Å². The van der Waals surface area contributed by atoms with E-state index in [1.807, 2.05) is 19.1 Å². The average Bonchev–Trinajstić information content (AvgIpc) is 3.59. The van der Waals surface area contributed by atoms with Crippen molar-refractivity contribution in [3.63, 3.8) is 0 Å². The highest BCUT2D eigenvalue weighted by atomic mass is 31.3. The molecule has 21 nitrogen and oxygen atoms in total. The van der Waals surface area contributed by atoms with Crippen molar-refractivity contribution in [2.24, 2.45) is 0 Å². The molecule has 0 aliphatic carbocycles. The van der Waals surface area contributed by atoms with Crippen molar-refractivity contribution in [1.29, 1.82) is 0 Å². The van der Waals surface area contributed by atoms with E-state index in [4.69, 9.17) is 29.0 Å². The van der Waals surface area contributed by atoms with E-state index in [1.165, 1.54) is 63.2 Å². The van der Waals surface area contributed by atoms with Gasteiger partial charge >= 0.3 is 33.3 Å². The molecule has 1 aliphatic rings. The van der Waals surface area contributed by atoms with Crippen LogP contribution < -0.4 is 11.4 Å². The summed E-state index contributed by atoms with van der Waals surface area (Å²) in [7, 11) is -11.0. The van der Waals surface area contributed by atoms with Crippen molar-refractivity contribution in [3.8, 4) is 0 Å². The number of unbranched alkanes of at least 4 members (excludes halogenated alkanes) is 12. The smallest absolute Gasteiger partial charge is 0.462 e. The molecule has 10 atom stereocenters. The highest BCUT2D eigenvalue weighted by Crippen LogP contribution is 2.60. The second-order valence-electron chi connectivity index (χ2n) is 17.2. The molecule has 1 aliphatic heterocycles. The maximum Gasteiger partial charge on any atom is 0.481 e. The standard InChI is InChI=1S/C48H79N3O18P2/c1-3-5-7-8-9-10-11-12-13-14-15-20-24-30-44(56)67-38(34-64-43(55)31-25-29-40(54)39(53)28-23-19-17-16-18-22-27-37(52)26-21-6-4-2)35-65-70(60,61)69-71(62,63)66-36-41-45(57)46(58)47(68-41)51-33-32-42(49)50-48(51)59/h6,16-19,21-23,27-28,32-33,37-41,45-47,52-54,57-58H,3-5,7-15,20,24-26,29-31,34-36H2,1-2H3,(H,60,61)(H,62,63)(H2,49,50,59)/b18-16+,19-17-,21-6-,27-22+,28-23-/t37-,38-,39+,40+,41-,45-,46-,47-/m1/s1. The van der Waals surface area contributed by atoms with Crippen LogP contribution in [-0.4, -0.2) is 119 Å². The number of carbonyl (C=O) groups excluding carboxylic acids is 2. The lowest BCUT2D eigenvalue weighted by Gasteiger charge is -2.21. The van der Waals surface area contributed by atoms with Crippen LogP contribution in [0.1, 0.15) is 142 Å². The molecule has 23 heteroatoms. The van der Waals surface area contributed by atoms with Crippen LogP contribution in [0.25, 0.3) is 0 Å². The number of carbonyl (C=O) groups is 2. The zero-order valence-electron chi connectivity index (χ0n) is 41.1. The number of nitrogens with two attached hydrogens (primary N) is 1. The number of anilines is 1. The van der Waals surface area contributed by atoms with Crippen molar-refractivity contribution >= 4 is 33.4 Å². The Balaban J connectivity index is 1.90. The number of nitrogen functional groups attached to an aromatic ring is 1. The molecule has 1 aromatic rings. The van der Waals surface area contributed by atoms with Crippen LogP contribution in [0.5, 0.6) is 0 Å². The van der Waals surface area contributed by atoms with Crippen LogP contribution in [0.3, 0.4) is 0 Å². The van der Waals surface area contributed by atoms with Gasteiger partial charge in [-0.2, -0.15) is 9.29 Å². The number of phosphoric ester groups is 2. The maximum absolute atomic E-state index is 12.8. The van der Waals surface area contributed by atoms with Crippen molar-refractivity contribution in [2.75, 3.05) is 25.6 Å². The second kappa shape index (κ2) is 36.3. The van der Waals surface area contributed by atoms with Gasteiger partial charge in [-0.15, -0.1) is 0 Å². The molecule has 0 saturated carbocycles. The summed E-state index contributed by atoms with van der Waals surface area (Å²) < 4.78 is 56.4. The molecule has 2 unspecified atom stereocenters. The number of rotatable bonds is 39. The minimum Gasteiger partial charge on any atom is -0.462 e. The van der Waals surface area contributed by atoms with Crippen LogP contribution in [0.4, 0.5) is 5.82 Å². The molecule has 0 amide bonds. The van der Waals surface area contributed by atoms with Gasteiger partial charge in [0.2, 0.25) is 0 Å². The molecule has 404 valence electrons. The first kappa shape index (κ1) is 63.5. The number of allylic oxidation sites excluding steroid dienone is 7. The summed E-state index contributed by atoms with van der Waals surface area (Å²) in [5, 5.41) is 51.5. The molecule has 0 bridgehead atoms. The summed E-state index contributed by atoms with van der Waals surface area (Å²) in [5.41, 5.74) is 4.55. The molecule has 71 heavy (non-hydrogen) atoms. The first-order valence-electron chi connectivity index (χ1n) is 24.6. The van der Waals surface area contributed by atoms with Crippen LogP contribution in [-0.2, 0) is 46.3 Å². The van der Waals surface area contributed by atoms with Gasteiger partial charge in [0.15, 0.2) is 12.3 Å². The van der Waals surface area contributed by atoms with Gasteiger partial charge in [-0.1, -0.05) is 152 Å². The van der Waals surface area contributed by atoms with Gasteiger partial charge in [0.05, 0.1) is 31.5 Å². The van der Waals surface area contributed by atoms with E-state index < -0.39 is 102 Å². The monoisotopic (exact) mass is 1050 g/mol. The SMILES string of the molecule is CC/C=C\C[C@@H](O)/C=C/C=C/C=C\C=C/[C@H](O)[C@@H](O)CCCC(=O)OC[C@H](COP(=O)(O)OP(=O)(O)OC[C@H]1O[C@@H](n2ccc(N)nc2=O)[C@H](O)[C@@H]1O)OC(=O)CCCCCCCCCCCCCCC. The molecule has 0 radical (unpaired) electrons. The highest BCUT2D eigenvalue weighted by molar-refractivity contribution is 7.61. The third kappa shape index (κ3) is 29.0. The predicted molar refractivity (Wildman–Crippen MR) is 265 cm³/mol. The molecule has 1 saturated heterocycles. The normalized spacial score (nSPS) is 21.0. The Kier molecular flexibility index (Phi) is 32.4. The first-order valence-corrected chi connectivity index (χ1v) is 27.6. The largest absolute Gasteiger partial charge is 0.481 e. The Morgan fingerprint density at radius 2 is 1.35 bits per heavy atom. The van der Waals surface area contributed by atoms with E-state index in [1.54, 1.807) is 36.5 Å². The Morgan fingerprint density at radius 3 is 1.97 bits per heavy atom. The number of esters is 2. The van der Waals surface area contributed by atoms with E-state index in [-0.39, 0.29) is 31.5 Å². The van der Waals surface area contributed by atoms with Crippen LogP contribution in [0.15, 0.2) is 77.8 Å². The Hall–Kier alpha value is -3.66. The van der Waals surface area contributed by atoms with Gasteiger partial charge in [0, 0.05) is 19.0 Å². The fourth-order valence-electron chi connectivity index (χ4n) is 7.01. The lowest BCUT2D eigenvalue weighted by atomic mass is 10.0. The lowest BCUT2D eigenvalue weighted by Crippen LogP contribution is -2.36. The third-order valence-corrected chi connectivity index (χ3v) is 13.6. The number of aliphatic hydroxyl groups is 5. The summed E-state index contributed by atoms with van der Waals surface area (Å²) in [6, 6.07) is 1.23. The van der Waals surface area contributed by atoms with Crippen molar-refractivity contribution in [3.05, 3.63) is 83.5 Å². The number of aliphatic hydroxyl groups excluding tert-OH is 5. The molecule has 2 heterocycles. The number of ether oxygens (including phenoxy) is 3. The van der Waals surface area contributed by atoms with E-state index in [0.717, 1.165) is 49.3 Å². The van der Waals surface area contributed by atoms with Crippen molar-refractivity contribution in [1.82, 2.24) is 9.55 Å². The zero-order valence-corrected chi connectivity index (χ0v) is 42.9. The number of nitrogens with zero attached hydrogens (tertiary/aromatic N) is 2. The fraction of sp³-hybridized carbons (Fsp3) is 0.667. The van der Waals surface area contributed by atoms with Crippen LogP contribution in [0, 0.1) is 0 Å². The summed E-state index contributed by atoms with van der Waals surface area (Å²) in [6.07, 6.45) is 22.5. The van der Waals surface area contributed by atoms with Crippen molar-refractivity contribution < 1.29 is 81.6 Å². The van der Waals surface area contributed by atoms with Gasteiger partial charge < -0.3 is 55.3 Å². The zero-order chi connectivity index (χ0) is 52.5. The minimum absolute atomic E-state index is 0.00680. The van der Waals surface area contributed by atoms with Crippen LogP contribution in [0.2, 0.25) is 0 Å². The van der Waals surface area contributed by atoms with Gasteiger partial charge in [-0.05, 0) is 38.2 Å². The molecule has 2 rings (SSSR count). The molecule has 0 spiro atoms. The summed E-state index contributed by atoms with van der Waals surface area (Å²) >= 11 is 0. The topological polar surface area (TPSA) is 326 Å². The van der Waals surface area contributed by atoms with E-state index in [0.29, 0.717) is 12.8 Å². The number of aromatic nitrogens is 2. The number of hydrogen-bond acceptors (Lipinski definition) is 18. The number of hydrogen-bond donors (Lipinski definition) is 8. The second-order valence-corrected chi connectivity index (χ2v) is 20.2. The summed E-state index contributed by atoms with van der Waals surface area (Å²) in [4.78, 5) is 61.9. The third-order valence-electron chi connectivity index (χ3n) is 11.0. The van der Waals surface area contributed by atoms with Gasteiger partial charge in [-0.25, -0.2) is 13.9 Å². The predicted octanol–water partition coefficient (Wildman–Crippen LogP) is 6.47. The molecular weight excluding hydrogens is 968 g/mol. The van der Waals surface area contributed by atoms with Gasteiger partial charge in [-0.3, -0.25) is 23.2 Å². The average molecular weight is 1050 g/mol. The quantitative estimate of drug-likeness (QED) is 0.0115. The Bertz CT molecular complexity index is 1980. The van der Waals surface area contributed by atoms with E-state index in [2.05, 4.69) is 16.2 Å². The molecular formula is C48H79N3O18P2. The summed E-state index contributed by atoms with van der Waals surface area (Å²) in [5.74, 6) is -1.65.